The number of hydrogen-bond donors (Lipinski definition) is 0. The molecule has 1 saturated carbocycles. The van der Waals surface area contributed by atoms with Gasteiger partial charge < -0.3 is 4.57 Å². The number of aryl methyl sites for hydroxylation is 1. The molecular formula is C16H19ClF2N2. The van der Waals surface area contributed by atoms with E-state index in [-0.39, 0.29) is 11.6 Å². The van der Waals surface area contributed by atoms with Gasteiger partial charge in [-0.1, -0.05) is 12.8 Å². The van der Waals surface area contributed by atoms with Crippen LogP contribution in [0, 0.1) is 17.6 Å². The van der Waals surface area contributed by atoms with E-state index in [0.717, 1.165) is 11.9 Å². The summed E-state index contributed by atoms with van der Waals surface area (Å²) in [6.45, 7) is 2.12. The normalized spacial score (nSPS) is 17.7. The van der Waals surface area contributed by atoms with Gasteiger partial charge in [-0.05, 0) is 31.7 Å². The van der Waals surface area contributed by atoms with Gasteiger partial charge in [0.05, 0.1) is 5.52 Å². The van der Waals surface area contributed by atoms with Crippen molar-refractivity contribution < 1.29 is 8.78 Å². The van der Waals surface area contributed by atoms with E-state index in [1.54, 1.807) is 0 Å². The quantitative estimate of drug-likeness (QED) is 0.738. The Kier molecular flexibility index (Phi) is 4.16. The van der Waals surface area contributed by atoms with Gasteiger partial charge in [-0.15, -0.1) is 11.6 Å². The van der Waals surface area contributed by atoms with Crippen LogP contribution in [0.2, 0.25) is 0 Å². The van der Waals surface area contributed by atoms with Crippen molar-refractivity contribution in [2.45, 2.75) is 45.1 Å². The number of aromatic nitrogens is 2. The van der Waals surface area contributed by atoms with Gasteiger partial charge in [0.1, 0.15) is 17.2 Å². The third-order valence-electron chi connectivity index (χ3n) is 4.59. The molecule has 1 atom stereocenters. The summed E-state index contributed by atoms with van der Waals surface area (Å²) in [5, 5.41) is 0. The van der Waals surface area contributed by atoms with E-state index in [2.05, 4.69) is 11.9 Å². The van der Waals surface area contributed by atoms with Gasteiger partial charge in [0, 0.05) is 24.4 Å². The molecule has 0 N–H and O–H groups in total. The molecule has 0 amide bonds. The molecule has 1 fully saturated rings. The zero-order valence-electron chi connectivity index (χ0n) is 12.1. The Morgan fingerprint density at radius 1 is 1.33 bits per heavy atom. The monoisotopic (exact) mass is 312 g/mol. The summed E-state index contributed by atoms with van der Waals surface area (Å²) in [4.78, 5) is 4.37. The summed E-state index contributed by atoms with van der Waals surface area (Å²) in [6.07, 6.45) is 5.36. The Morgan fingerprint density at radius 3 is 2.71 bits per heavy atom. The van der Waals surface area contributed by atoms with E-state index in [0.29, 0.717) is 23.7 Å². The Hall–Kier alpha value is -1.16. The van der Waals surface area contributed by atoms with Crippen LogP contribution in [0.15, 0.2) is 12.1 Å². The van der Waals surface area contributed by atoms with Crippen molar-refractivity contribution >= 4 is 22.6 Å². The first-order chi connectivity index (χ1) is 10.1. The van der Waals surface area contributed by atoms with Crippen molar-refractivity contribution in [1.29, 1.82) is 0 Å². The van der Waals surface area contributed by atoms with E-state index in [1.165, 1.54) is 31.7 Å². The number of imidazole rings is 1. The first-order valence-corrected chi connectivity index (χ1v) is 8.07. The fraction of sp³-hybridized carbons (Fsp3) is 0.562. The molecule has 0 saturated heterocycles. The average Bonchev–Trinajstić information content (AvgIpc) is 3.06. The van der Waals surface area contributed by atoms with Crippen molar-refractivity contribution in [2.75, 3.05) is 5.88 Å². The highest BCUT2D eigenvalue weighted by Gasteiger charge is 2.27. The standard InChI is InChI=1S/C16H19ClF2N2/c1-10(11-4-2-3-5-11)21-14-9-12(18)8-13(19)16(14)20-15(21)6-7-17/h8-11H,2-7H2,1H3. The van der Waals surface area contributed by atoms with Crippen LogP contribution in [-0.4, -0.2) is 15.4 Å². The topological polar surface area (TPSA) is 17.8 Å². The Balaban J connectivity index is 2.14. The maximum Gasteiger partial charge on any atom is 0.153 e. The fourth-order valence-corrected chi connectivity index (χ4v) is 3.70. The molecule has 2 nitrogen and oxygen atoms in total. The van der Waals surface area contributed by atoms with Crippen LogP contribution in [0.5, 0.6) is 0 Å². The van der Waals surface area contributed by atoms with Crippen LogP contribution in [0.3, 0.4) is 0 Å². The highest BCUT2D eigenvalue weighted by Crippen LogP contribution is 2.37. The predicted molar refractivity (Wildman–Crippen MR) is 80.7 cm³/mol. The number of alkyl halides is 1. The molecule has 0 radical (unpaired) electrons. The lowest BCUT2D eigenvalue weighted by atomic mass is 9.99. The van der Waals surface area contributed by atoms with Crippen LogP contribution in [-0.2, 0) is 6.42 Å². The second kappa shape index (κ2) is 5.91. The van der Waals surface area contributed by atoms with Crippen molar-refractivity contribution in [3.05, 3.63) is 29.6 Å². The molecule has 1 aromatic carbocycles. The largest absolute Gasteiger partial charge is 0.325 e. The Bertz CT molecular complexity index is 647. The smallest absolute Gasteiger partial charge is 0.153 e. The summed E-state index contributed by atoms with van der Waals surface area (Å²) in [5.74, 6) is 0.562. The molecule has 3 rings (SSSR count). The summed E-state index contributed by atoms with van der Waals surface area (Å²) in [7, 11) is 0. The van der Waals surface area contributed by atoms with Gasteiger partial charge in [0.15, 0.2) is 5.82 Å². The lowest BCUT2D eigenvalue weighted by molar-refractivity contribution is 0.360. The molecule has 0 aliphatic heterocycles. The van der Waals surface area contributed by atoms with E-state index in [4.69, 9.17) is 11.6 Å². The molecule has 0 spiro atoms. The number of hydrogen-bond acceptors (Lipinski definition) is 1. The predicted octanol–water partition coefficient (Wildman–Crippen LogP) is 4.85. The van der Waals surface area contributed by atoms with Crippen molar-refractivity contribution in [1.82, 2.24) is 9.55 Å². The highest BCUT2D eigenvalue weighted by atomic mass is 35.5. The number of fused-ring (bicyclic) bond motifs is 1. The third-order valence-corrected chi connectivity index (χ3v) is 4.78. The van der Waals surface area contributed by atoms with Crippen LogP contribution in [0.1, 0.15) is 44.5 Å². The van der Waals surface area contributed by atoms with E-state index < -0.39 is 11.6 Å². The lowest BCUT2D eigenvalue weighted by Gasteiger charge is -2.23. The van der Waals surface area contributed by atoms with E-state index >= 15 is 0 Å². The third kappa shape index (κ3) is 2.66. The van der Waals surface area contributed by atoms with Crippen molar-refractivity contribution in [2.24, 2.45) is 5.92 Å². The molecule has 2 aromatic rings. The van der Waals surface area contributed by atoms with Crippen LogP contribution < -0.4 is 0 Å². The first-order valence-electron chi connectivity index (χ1n) is 7.53. The zero-order valence-corrected chi connectivity index (χ0v) is 12.8. The molecule has 0 bridgehead atoms. The summed E-state index contributed by atoms with van der Waals surface area (Å²) in [5.41, 5.74) is 0.799. The molecule has 1 aliphatic carbocycles. The lowest BCUT2D eigenvalue weighted by Crippen LogP contribution is -2.17. The Labute approximate surface area is 128 Å². The van der Waals surface area contributed by atoms with E-state index in [1.807, 2.05) is 4.57 Å². The minimum absolute atomic E-state index is 0.192. The van der Waals surface area contributed by atoms with Crippen LogP contribution >= 0.6 is 11.6 Å². The fourth-order valence-electron chi connectivity index (χ4n) is 3.53. The number of benzene rings is 1. The maximum atomic E-state index is 14.0. The van der Waals surface area contributed by atoms with Gasteiger partial charge in [0.25, 0.3) is 0 Å². The molecule has 1 heterocycles. The molecular weight excluding hydrogens is 294 g/mol. The van der Waals surface area contributed by atoms with Crippen LogP contribution in [0.25, 0.3) is 11.0 Å². The van der Waals surface area contributed by atoms with Gasteiger partial charge in [-0.2, -0.15) is 0 Å². The summed E-state index contributed by atoms with van der Waals surface area (Å²) >= 11 is 5.85. The highest BCUT2D eigenvalue weighted by molar-refractivity contribution is 6.17. The zero-order chi connectivity index (χ0) is 15.0. The second-order valence-corrected chi connectivity index (χ2v) is 6.26. The summed E-state index contributed by atoms with van der Waals surface area (Å²) < 4.78 is 29.6. The number of halogens is 3. The maximum absolute atomic E-state index is 14.0. The van der Waals surface area contributed by atoms with Crippen molar-refractivity contribution in [3.63, 3.8) is 0 Å². The molecule has 21 heavy (non-hydrogen) atoms. The number of rotatable bonds is 4. The summed E-state index contributed by atoms with van der Waals surface area (Å²) in [6, 6.07) is 2.47. The van der Waals surface area contributed by atoms with Gasteiger partial charge in [0.2, 0.25) is 0 Å². The molecule has 1 aromatic heterocycles. The first kappa shape index (κ1) is 14.8. The molecule has 114 valence electrons. The number of nitrogens with zero attached hydrogens (tertiary/aromatic N) is 2. The van der Waals surface area contributed by atoms with E-state index in [9.17, 15) is 8.78 Å². The SMILES string of the molecule is CC(C1CCCC1)n1c(CCCl)nc2c(F)cc(F)cc21. The Morgan fingerprint density at radius 2 is 2.05 bits per heavy atom. The van der Waals surface area contributed by atoms with Crippen molar-refractivity contribution in [3.8, 4) is 0 Å². The molecule has 5 heteroatoms. The minimum atomic E-state index is -0.599. The average molecular weight is 313 g/mol. The van der Waals surface area contributed by atoms with Gasteiger partial charge >= 0.3 is 0 Å². The minimum Gasteiger partial charge on any atom is -0.325 e. The van der Waals surface area contributed by atoms with Crippen LogP contribution in [0.4, 0.5) is 8.78 Å². The van der Waals surface area contributed by atoms with Gasteiger partial charge in [-0.25, -0.2) is 13.8 Å². The van der Waals surface area contributed by atoms with Gasteiger partial charge in [-0.3, -0.25) is 0 Å². The molecule has 1 unspecified atom stereocenters. The second-order valence-electron chi connectivity index (χ2n) is 5.88. The molecule has 1 aliphatic rings.